The maximum atomic E-state index is 12.8. The van der Waals surface area contributed by atoms with Crippen molar-refractivity contribution in [2.75, 3.05) is 0 Å². The molecule has 112 valence electrons. The van der Waals surface area contributed by atoms with E-state index in [1.54, 1.807) is 0 Å². The van der Waals surface area contributed by atoms with Gasteiger partial charge in [-0.2, -0.15) is 0 Å². The van der Waals surface area contributed by atoms with Crippen LogP contribution in [0.25, 0.3) is 11.3 Å². The van der Waals surface area contributed by atoms with E-state index >= 15 is 0 Å². The van der Waals surface area contributed by atoms with Gasteiger partial charge in [0.1, 0.15) is 0 Å². The van der Waals surface area contributed by atoms with Crippen molar-refractivity contribution in [2.45, 2.75) is 46.2 Å². The summed E-state index contributed by atoms with van der Waals surface area (Å²) < 4.78 is 1.83. The van der Waals surface area contributed by atoms with E-state index in [9.17, 15) is 4.79 Å². The van der Waals surface area contributed by atoms with Crippen molar-refractivity contribution in [1.29, 1.82) is 0 Å². The first-order valence-electron chi connectivity index (χ1n) is 7.33. The molecule has 3 nitrogen and oxygen atoms in total. The molecule has 3 heteroatoms. The molecule has 0 atom stereocenters. The highest BCUT2D eigenvalue weighted by atomic mass is 16.1. The van der Waals surface area contributed by atoms with Crippen molar-refractivity contribution in [3.63, 3.8) is 0 Å². The van der Waals surface area contributed by atoms with Crippen LogP contribution in [0.3, 0.4) is 0 Å². The van der Waals surface area contributed by atoms with E-state index in [1.165, 1.54) is 5.56 Å². The monoisotopic (exact) mass is 284 g/mol. The zero-order valence-electron chi connectivity index (χ0n) is 13.5. The zero-order valence-corrected chi connectivity index (χ0v) is 13.5. The van der Waals surface area contributed by atoms with Crippen LogP contribution in [-0.4, -0.2) is 4.57 Å². The van der Waals surface area contributed by atoms with E-state index in [4.69, 9.17) is 5.73 Å². The number of nitrogens with two attached hydrogens (primary N) is 1. The van der Waals surface area contributed by atoms with E-state index in [1.807, 2.05) is 44.4 Å². The highest BCUT2D eigenvalue weighted by Gasteiger charge is 2.22. The lowest BCUT2D eigenvalue weighted by Gasteiger charge is -2.23. The van der Waals surface area contributed by atoms with Crippen LogP contribution in [0.1, 0.15) is 44.9 Å². The fraction of sp³-hybridized carbons (Fsp3) is 0.389. The van der Waals surface area contributed by atoms with Crippen LogP contribution in [-0.2, 0) is 5.54 Å². The normalized spacial score (nSPS) is 12.0. The Morgan fingerprint density at radius 2 is 1.62 bits per heavy atom. The van der Waals surface area contributed by atoms with E-state index in [2.05, 4.69) is 31.2 Å². The van der Waals surface area contributed by atoms with Gasteiger partial charge in [0.2, 0.25) is 0 Å². The minimum absolute atomic E-state index is 0.00410. The van der Waals surface area contributed by atoms with Crippen molar-refractivity contribution in [3.05, 3.63) is 57.9 Å². The first-order valence-corrected chi connectivity index (χ1v) is 7.33. The molecule has 0 saturated carbocycles. The molecule has 0 aliphatic carbocycles. The fourth-order valence-corrected chi connectivity index (χ4v) is 2.52. The number of rotatable bonds is 3. The smallest absolute Gasteiger partial charge is 0.256 e. The molecule has 0 radical (unpaired) electrons. The van der Waals surface area contributed by atoms with E-state index in [-0.39, 0.29) is 11.6 Å². The Balaban J connectivity index is 2.71. The van der Waals surface area contributed by atoms with Crippen LogP contribution in [0.15, 0.2) is 41.2 Å². The van der Waals surface area contributed by atoms with Crippen molar-refractivity contribution in [1.82, 2.24) is 4.57 Å². The van der Waals surface area contributed by atoms with Gasteiger partial charge >= 0.3 is 0 Å². The lowest BCUT2D eigenvalue weighted by Crippen LogP contribution is -2.38. The number of hydrogen-bond donors (Lipinski definition) is 1. The quantitative estimate of drug-likeness (QED) is 0.936. The summed E-state index contributed by atoms with van der Waals surface area (Å²) in [6.07, 6.45) is 0. The third kappa shape index (κ3) is 3.08. The zero-order chi connectivity index (χ0) is 15.8. The van der Waals surface area contributed by atoms with Gasteiger partial charge in [-0.15, -0.1) is 0 Å². The van der Waals surface area contributed by atoms with Crippen molar-refractivity contribution in [3.8, 4) is 11.3 Å². The highest BCUT2D eigenvalue weighted by molar-refractivity contribution is 5.60. The number of hydrogen-bond acceptors (Lipinski definition) is 2. The maximum absolute atomic E-state index is 12.8. The minimum Gasteiger partial charge on any atom is -0.322 e. The summed E-state index contributed by atoms with van der Waals surface area (Å²) in [5, 5.41) is 0. The van der Waals surface area contributed by atoms with Crippen LogP contribution < -0.4 is 11.3 Å². The third-order valence-corrected chi connectivity index (χ3v) is 3.67. The molecule has 1 aromatic heterocycles. The molecule has 2 aromatic rings. The molecule has 0 amide bonds. The standard InChI is InChI=1S/C18H24N2O/c1-12(2)20-16(14-8-6-13(3)7-9-14)11-10-15(17(20)21)18(4,5)19/h6-12H,19H2,1-5H3. The first kappa shape index (κ1) is 15.5. The van der Waals surface area contributed by atoms with Gasteiger partial charge in [-0.25, -0.2) is 0 Å². The summed E-state index contributed by atoms with van der Waals surface area (Å²) in [5.41, 5.74) is 9.31. The van der Waals surface area contributed by atoms with Gasteiger partial charge < -0.3 is 10.3 Å². The molecule has 0 saturated heterocycles. The number of pyridine rings is 1. The predicted molar refractivity (Wildman–Crippen MR) is 88.5 cm³/mol. The average molecular weight is 284 g/mol. The summed E-state index contributed by atoms with van der Waals surface area (Å²) in [4.78, 5) is 12.8. The van der Waals surface area contributed by atoms with Gasteiger partial charge in [0.25, 0.3) is 5.56 Å². The molecular weight excluding hydrogens is 260 g/mol. The first-order chi connectivity index (χ1) is 9.71. The van der Waals surface area contributed by atoms with Gasteiger partial charge in [-0.1, -0.05) is 29.8 Å². The lowest BCUT2D eigenvalue weighted by atomic mass is 9.95. The second-order valence-corrected chi connectivity index (χ2v) is 6.49. The lowest BCUT2D eigenvalue weighted by molar-refractivity contribution is 0.517. The molecular formula is C18H24N2O. The molecule has 0 fully saturated rings. The molecule has 0 bridgehead atoms. The van der Waals surface area contributed by atoms with Gasteiger partial charge in [-0.05, 0) is 52.3 Å². The van der Waals surface area contributed by atoms with E-state index < -0.39 is 5.54 Å². The topological polar surface area (TPSA) is 48.0 Å². The molecule has 1 heterocycles. The van der Waals surface area contributed by atoms with E-state index in [0.29, 0.717) is 5.56 Å². The van der Waals surface area contributed by atoms with Crippen molar-refractivity contribution in [2.24, 2.45) is 5.73 Å². The number of aromatic nitrogens is 1. The Morgan fingerprint density at radius 1 is 1.05 bits per heavy atom. The Hall–Kier alpha value is -1.87. The molecule has 0 aliphatic rings. The van der Waals surface area contributed by atoms with Crippen molar-refractivity contribution >= 4 is 0 Å². The minimum atomic E-state index is -0.639. The maximum Gasteiger partial charge on any atom is 0.256 e. The van der Waals surface area contributed by atoms with Gasteiger partial charge in [0.15, 0.2) is 0 Å². The average Bonchev–Trinajstić information content (AvgIpc) is 2.37. The number of benzene rings is 1. The fourth-order valence-electron chi connectivity index (χ4n) is 2.52. The third-order valence-electron chi connectivity index (χ3n) is 3.67. The molecule has 21 heavy (non-hydrogen) atoms. The summed E-state index contributed by atoms with van der Waals surface area (Å²) in [5.74, 6) is 0. The number of nitrogens with zero attached hydrogens (tertiary/aromatic N) is 1. The molecule has 1 aromatic carbocycles. The molecule has 2 rings (SSSR count). The Labute approximate surface area is 126 Å². The second kappa shape index (κ2) is 5.49. The second-order valence-electron chi connectivity index (χ2n) is 6.49. The number of aryl methyl sites for hydroxylation is 1. The molecule has 0 unspecified atom stereocenters. The summed E-state index contributed by atoms with van der Waals surface area (Å²) in [6.45, 7) is 9.82. The summed E-state index contributed by atoms with van der Waals surface area (Å²) in [6, 6.07) is 12.2. The highest BCUT2D eigenvalue weighted by Crippen LogP contribution is 2.24. The largest absolute Gasteiger partial charge is 0.322 e. The van der Waals surface area contributed by atoms with Crippen LogP contribution >= 0.6 is 0 Å². The molecule has 0 aliphatic heterocycles. The Morgan fingerprint density at radius 3 is 2.10 bits per heavy atom. The SMILES string of the molecule is Cc1ccc(-c2ccc(C(C)(C)N)c(=O)n2C(C)C)cc1. The van der Waals surface area contributed by atoms with Crippen LogP contribution in [0.4, 0.5) is 0 Å². The van der Waals surface area contributed by atoms with Crippen LogP contribution in [0.2, 0.25) is 0 Å². The van der Waals surface area contributed by atoms with Gasteiger partial charge in [0.05, 0.1) is 5.69 Å². The van der Waals surface area contributed by atoms with Gasteiger partial charge in [0, 0.05) is 17.1 Å². The van der Waals surface area contributed by atoms with Crippen molar-refractivity contribution < 1.29 is 0 Å². The Bertz CT molecular complexity index is 689. The van der Waals surface area contributed by atoms with Gasteiger partial charge in [-0.3, -0.25) is 4.79 Å². The summed E-state index contributed by atoms with van der Waals surface area (Å²) in [7, 11) is 0. The molecule has 0 spiro atoms. The van der Waals surface area contributed by atoms with E-state index in [0.717, 1.165) is 11.3 Å². The Kier molecular flexibility index (Phi) is 4.06. The van der Waals surface area contributed by atoms with Crippen LogP contribution in [0.5, 0.6) is 0 Å². The van der Waals surface area contributed by atoms with Crippen LogP contribution in [0, 0.1) is 6.92 Å². The summed E-state index contributed by atoms with van der Waals surface area (Å²) >= 11 is 0. The predicted octanol–water partition coefficient (Wildman–Crippen LogP) is 3.60. The molecule has 2 N–H and O–H groups in total.